The zero-order chi connectivity index (χ0) is 14.5. The fraction of sp³-hybridized carbons (Fsp3) is 0.308. The number of nitrogens with zero attached hydrogens (tertiary/aromatic N) is 3. The number of hydrogen-bond donors (Lipinski definition) is 0. The van der Waals surface area contributed by atoms with Gasteiger partial charge in [0.05, 0.1) is 26.0 Å². The minimum absolute atomic E-state index is 0.103. The molecule has 1 heterocycles. The molecule has 0 spiro atoms. The molecule has 20 heavy (non-hydrogen) atoms. The first-order valence-corrected chi connectivity index (χ1v) is 5.89. The first-order valence-electron chi connectivity index (χ1n) is 5.89. The normalized spacial score (nSPS) is 10.6. The number of rotatable bonds is 5. The Morgan fingerprint density at radius 1 is 1.40 bits per heavy atom. The summed E-state index contributed by atoms with van der Waals surface area (Å²) in [4.78, 5) is 11.6. The van der Waals surface area contributed by atoms with E-state index in [2.05, 4.69) is 15.0 Å². The van der Waals surface area contributed by atoms with Gasteiger partial charge in [-0.15, -0.1) is 5.10 Å². The van der Waals surface area contributed by atoms with Gasteiger partial charge in [0.25, 0.3) is 0 Å². The van der Waals surface area contributed by atoms with Gasteiger partial charge in [-0.3, -0.25) is 0 Å². The van der Waals surface area contributed by atoms with Crippen LogP contribution in [0.3, 0.4) is 0 Å². The van der Waals surface area contributed by atoms with E-state index < -0.39 is 5.97 Å². The van der Waals surface area contributed by atoms with Crippen molar-refractivity contribution >= 4 is 5.97 Å². The van der Waals surface area contributed by atoms with Crippen molar-refractivity contribution in [3.8, 4) is 0 Å². The lowest BCUT2D eigenvalue weighted by Gasteiger charge is -2.07. The number of aromatic nitrogens is 3. The monoisotopic (exact) mass is 279 g/mol. The second-order valence-corrected chi connectivity index (χ2v) is 4.10. The van der Waals surface area contributed by atoms with Gasteiger partial charge in [-0.05, 0) is 17.7 Å². The van der Waals surface area contributed by atoms with Crippen LogP contribution in [0.5, 0.6) is 0 Å². The Labute approximate surface area is 115 Å². The van der Waals surface area contributed by atoms with Crippen molar-refractivity contribution in [2.24, 2.45) is 0 Å². The van der Waals surface area contributed by atoms with Gasteiger partial charge in [0.1, 0.15) is 5.82 Å². The maximum atomic E-state index is 13.2. The smallest absolute Gasteiger partial charge is 0.360 e. The summed E-state index contributed by atoms with van der Waals surface area (Å²) in [5, 5.41) is 7.68. The van der Waals surface area contributed by atoms with E-state index >= 15 is 0 Å². The zero-order valence-corrected chi connectivity index (χ0v) is 11.2. The van der Waals surface area contributed by atoms with Crippen LogP contribution in [-0.4, -0.2) is 35.2 Å². The summed E-state index contributed by atoms with van der Waals surface area (Å²) in [6.45, 7) is 0.452. The minimum Gasteiger partial charge on any atom is -0.464 e. The number of halogens is 1. The lowest BCUT2D eigenvalue weighted by Crippen LogP contribution is -2.11. The van der Waals surface area contributed by atoms with E-state index in [1.165, 1.54) is 31.0 Å². The van der Waals surface area contributed by atoms with Gasteiger partial charge in [-0.25, -0.2) is 13.9 Å². The summed E-state index contributed by atoms with van der Waals surface area (Å²) < 4.78 is 24.3. The highest BCUT2D eigenvalue weighted by molar-refractivity contribution is 5.88. The lowest BCUT2D eigenvalue weighted by molar-refractivity contribution is 0.0588. The predicted octanol–water partition coefficient (Wildman–Crippen LogP) is 1.40. The summed E-state index contributed by atoms with van der Waals surface area (Å²) in [5.74, 6) is -0.911. The highest BCUT2D eigenvalue weighted by atomic mass is 19.1. The van der Waals surface area contributed by atoms with E-state index in [0.29, 0.717) is 17.8 Å². The summed E-state index contributed by atoms with van der Waals surface area (Å²) in [5.41, 5.74) is 1.30. The molecule has 0 aliphatic heterocycles. The molecule has 0 saturated carbocycles. The van der Waals surface area contributed by atoms with Crippen molar-refractivity contribution in [2.45, 2.75) is 13.2 Å². The van der Waals surface area contributed by atoms with E-state index in [0.717, 1.165) is 0 Å². The number of benzene rings is 1. The van der Waals surface area contributed by atoms with E-state index in [9.17, 15) is 9.18 Å². The largest absolute Gasteiger partial charge is 0.464 e. The molecule has 0 radical (unpaired) electrons. The quantitative estimate of drug-likeness (QED) is 0.774. The van der Waals surface area contributed by atoms with Crippen LogP contribution in [0.4, 0.5) is 4.39 Å². The molecule has 0 aliphatic carbocycles. The number of methoxy groups -OCH3 is 2. The molecule has 0 aliphatic rings. The molecule has 1 aromatic heterocycles. The van der Waals surface area contributed by atoms with Crippen LogP contribution in [0, 0.1) is 5.82 Å². The third kappa shape index (κ3) is 3.00. The average molecular weight is 279 g/mol. The van der Waals surface area contributed by atoms with E-state index in [1.54, 1.807) is 12.1 Å². The number of esters is 1. The Hall–Kier alpha value is -2.28. The van der Waals surface area contributed by atoms with Crippen LogP contribution in [-0.2, 0) is 22.6 Å². The van der Waals surface area contributed by atoms with Crippen LogP contribution in [0.15, 0.2) is 24.3 Å². The van der Waals surface area contributed by atoms with Crippen LogP contribution >= 0.6 is 0 Å². The molecule has 0 atom stereocenters. The van der Waals surface area contributed by atoms with Crippen LogP contribution in [0.1, 0.15) is 21.7 Å². The van der Waals surface area contributed by atoms with Crippen molar-refractivity contribution in [2.75, 3.05) is 14.2 Å². The van der Waals surface area contributed by atoms with Gasteiger partial charge < -0.3 is 9.47 Å². The molecule has 0 N–H and O–H groups in total. The zero-order valence-electron chi connectivity index (χ0n) is 11.2. The fourth-order valence-electron chi connectivity index (χ4n) is 1.80. The third-order valence-corrected chi connectivity index (χ3v) is 2.72. The summed E-state index contributed by atoms with van der Waals surface area (Å²) in [7, 11) is 2.77. The van der Waals surface area contributed by atoms with Crippen molar-refractivity contribution in [3.05, 3.63) is 47.0 Å². The van der Waals surface area contributed by atoms with Crippen molar-refractivity contribution in [1.29, 1.82) is 0 Å². The molecule has 6 nitrogen and oxygen atoms in total. The summed E-state index contributed by atoms with van der Waals surface area (Å²) >= 11 is 0. The average Bonchev–Trinajstić information content (AvgIpc) is 2.82. The van der Waals surface area contributed by atoms with Crippen molar-refractivity contribution in [1.82, 2.24) is 15.0 Å². The number of carbonyl (C=O) groups is 1. The second-order valence-electron chi connectivity index (χ2n) is 4.10. The van der Waals surface area contributed by atoms with E-state index in [1.807, 2.05) is 0 Å². The maximum absolute atomic E-state index is 13.2. The molecule has 0 bridgehead atoms. The predicted molar refractivity (Wildman–Crippen MR) is 67.6 cm³/mol. The molecule has 2 rings (SSSR count). The van der Waals surface area contributed by atoms with Crippen molar-refractivity contribution < 1.29 is 18.7 Å². The Balaban J connectivity index is 2.31. The molecular weight excluding hydrogens is 265 g/mol. The maximum Gasteiger partial charge on any atom is 0.360 e. The number of ether oxygens (including phenoxy) is 2. The first kappa shape index (κ1) is 14.1. The summed E-state index contributed by atoms with van der Waals surface area (Å²) in [6.07, 6.45) is 0. The number of hydrogen-bond acceptors (Lipinski definition) is 5. The molecule has 7 heteroatoms. The Kier molecular flexibility index (Phi) is 4.41. The molecule has 106 valence electrons. The molecular formula is C13H14FN3O3. The third-order valence-electron chi connectivity index (χ3n) is 2.72. The van der Waals surface area contributed by atoms with Gasteiger partial charge in [0.15, 0.2) is 5.69 Å². The SMILES string of the molecule is COCc1c(C(=O)OC)nnn1Cc1cccc(F)c1. The van der Waals surface area contributed by atoms with Gasteiger partial charge in [0.2, 0.25) is 0 Å². The van der Waals surface area contributed by atoms with Gasteiger partial charge in [-0.1, -0.05) is 17.3 Å². The van der Waals surface area contributed by atoms with Crippen LogP contribution in [0.25, 0.3) is 0 Å². The second kappa shape index (κ2) is 6.25. The standard InChI is InChI=1S/C13H14FN3O3/c1-19-8-11-12(13(18)20-2)15-16-17(11)7-9-4-3-5-10(14)6-9/h3-6H,7-8H2,1-2H3. The van der Waals surface area contributed by atoms with E-state index in [4.69, 9.17) is 4.74 Å². The Morgan fingerprint density at radius 2 is 2.20 bits per heavy atom. The fourth-order valence-corrected chi connectivity index (χ4v) is 1.80. The molecule has 0 saturated heterocycles. The lowest BCUT2D eigenvalue weighted by atomic mass is 10.2. The molecule has 0 fully saturated rings. The number of carbonyl (C=O) groups excluding carboxylic acids is 1. The van der Waals surface area contributed by atoms with Gasteiger partial charge in [-0.2, -0.15) is 0 Å². The molecule has 1 aromatic carbocycles. The first-order chi connectivity index (χ1) is 9.65. The molecule has 0 unspecified atom stereocenters. The van der Waals surface area contributed by atoms with Crippen molar-refractivity contribution in [3.63, 3.8) is 0 Å². The topological polar surface area (TPSA) is 66.2 Å². The van der Waals surface area contributed by atoms with Gasteiger partial charge in [0, 0.05) is 7.11 Å². The van der Waals surface area contributed by atoms with Crippen LogP contribution in [0.2, 0.25) is 0 Å². The highest BCUT2D eigenvalue weighted by Gasteiger charge is 2.20. The highest BCUT2D eigenvalue weighted by Crippen LogP contribution is 2.12. The molecule has 2 aromatic rings. The summed E-state index contributed by atoms with van der Waals surface area (Å²) in [6, 6.07) is 6.13. The van der Waals surface area contributed by atoms with Gasteiger partial charge >= 0.3 is 5.97 Å². The van der Waals surface area contributed by atoms with E-state index in [-0.39, 0.29) is 18.1 Å². The Morgan fingerprint density at radius 3 is 2.85 bits per heavy atom. The van der Waals surface area contributed by atoms with Crippen LogP contribution < -0.4 is 0 Å². The Bertz CT molecular complexity index is 613. The minimum atomic E-state index is -0.581. The molecule has 0 amide bonds.